The fourth-order valence-electron chi connectivity index (χ4n) is 1.03. The maximum absolute atomic E-state index is 12.6. The lowest BCUT2D eigenvalue weighted by molar-refractivity contribution is 0.139. The number of nitrogens with zero attached hydrogens (tertiary/aromatic N) is 1. The van der Waals surface area contributed by atoms with Crippen LogP contribution in [0.3, 0.4) is 0 Å². The molecule has 0 unspecified atom stereocenters. The topological polar surface area (TPSA) is 59.1 Å². The van der Waals surface area contributed by atoms with Crippen LogP contribution < -0.4 is 5.73 Å². The Morgan fingerprint density at radius 2 is 2.31 bits per heavy atom. The molecule has 0 aliphatic rings. The average Bonchev–Trinajstić information content (AvgIpc) is 2.15. The molecule has 0 aliphatic heterocycles. The minimum atomic E-state index is -0.888. The van der Waals surface area contributed by atoms with Crippen molar-refractivity contribution >= 4 is 0 Å². The summed E-state index contributed by atoms with van der Waals surface area (Å²) < 4.78 is 12.6. The van der Waals surface area contributed by atoms with Crippen LogP contribution in [0.4, 0.5) is 4.39 Å². The van der Waals surface area contributed by atoms with Crippen LogP contribution in [-0.4, -0.2) is 16.1 Å². The molecule has 1 aromatic heterocycles. The maximum atomic E-state index is 12.6. The molecule has 2 atom stereocenters. The van der Waals surface area contributed by atoms with E-state index >= 15 is 0 Å². The van der Waals surface area contributed by atoms with Crippen molar-refractivity contribution in [3.8, 4) is 0 Å². The van der Waals surface area contributed by atoms with Crippen LogP contribution >= 0.6 is 0 Å². The second-order valence-electron chi connectivity index (χ2n) is 2.90. The number of halogens is 1. The first-order valence-corrected chi connectivity index (χ1v) is 4.21. The van der Waals surface area contributed by atoms with E-state index < -0.39 is 18.1 Å². The van der Waals surface area contributed by atoms with Crippen LogP contribution in [0.2, 0.25) is 0 Å². The number of hydrogen-bond donors (Lipinski definition) is 2. The van der Waals surface area contributed by atoms with E-state index in [4.69, 9.17) is 5.73 Å². The molecule has 1 aromatic rings. The molecule has 0 bridgehead atoms. The number of pyridine rings is 1. The van der Waals surface area contributed by atoms with Crippen LogP contribution in [0, 0.1) is 5.95 Å². The monoisotopic (exact) mass is 184 g/mol. The summed E-state index contributed by atoms with van der Waals surface area (Å²) in [7, 11) is 0. The highest BCUT2D eigenvalue weighted by atomic mass is 19.1. The zero-order valence-electron chi connectivity index (χ0n) is 7.44. The van der Waals surface area contributed by atoms with E-state index in [2.05, 4.69) is 4.98 Å². The van der Waals surface area contributed by atoms with Crippen molar-refractivity contribution in [1.82, 2.24) is 4.98 Å². The molecular weight excluding hydrogens is 171 g/mol. The molecule has 13 heavy (non-hydrogen) atoms. The Morgan fingerprint density at radius 1 is 1.62 bits per heavy atom. The summed E-state index contributed by atoms with van der Waals surface area (Å²) in [6.07, 6.45) is -0.264. The normalized spacial score (nSPS) is 15.4. The quantitative estimate of drug-likeness (QED) is 0.689. The molecule has 1 rings (SSSR count). The van der Waals surface area contributed by atoms with Crippen LogP contribution in [0.1, 0.15) is 25.1 Å². The summed E-state index contributed by atoms with van der Waals surface area (Å²) in [4.78, 5) is 3.55. The van der Waals surface area contributed by atoms with Crippen LogP contribution in [0.5, 0.6) is 0 Å². The van der Waals surface area contributed by atoms with Gasteiger partial charge in [0.1, 0.15) is 6.10 Å². The molecule has 0 amide bonds. The maximum Gasteiger partial charge on any atom is 0.213 e. The van der Waals surface area contributed by atoms with Gasteiger partial charge in [-0.15, -0.1) is 0 Å². The Balaban J connectivity index is 2.82. The van der Waals surface area contributed by atoms with E-state index in [1.54, 1.807) is 6.07 Å². The minimum absolute atomic E-state index is 0.286. The first-order chi connectivity index (χ1) is 6.15. The van der Waals surface area contributed by atoms with Crippen molar-refractivity contribution in [1.29, 1.82) is 0 Å². The Kier molecular flexibility index (Phi) is 3.33. The zero-order chi connectivity index (χ0) is 9.84. The lowest BCUT2D eigenvalue weighted by Crippen LogP contribution is -2.28. The Bertz CT molecular complexity index is 280. The van der Waals surface area contributed by atoms with Gasteiger partial charge in [-0.3, -0.25) is 0 Å². The summed E-state index contributed by atoms with van der Waals surface area (Å²) in [5.74, 6) is -0.597. The van der Waals surface area contributed by atoms with Crippen LogP contribution in [-0.2, 0) is 0 Å². The van der Waals surface area contributed by atoms with Crippen molar-refractivity contribution in [2.45, 2.75) is 25.5 Å². The molecule has 0 spiro atoms. The smallest absolute Gasteiger partial charge is 0.213 e. The molecule has 4 heteroatoms. The lowest BCUT2D eigenvalue weighted by atomic mass is 10.1. The molecule has 1 heterocycles. The third-order valence-corrected chi connectivity index (χ3v) is 1.92. The van der Waals surface area contributed by atoms with Gasteiger partial charge in [0.05, 0.1) is 5.69 Å². The van der Waals surface area contributed by atoms with Gasteiger partial charge >= 0.3 is 0 Å². The van der Waals surface area contributed by atoms with Crippen LogP contribution in [0.15, 0.2) is 18.2 Å². The molecule has 3 N–H and O–H groups in total. The first-order valence-electron chi connectivity index (χ1n) is 4.21. The van der Waals surface area contributed by atoms with Crippen molar-refractivity contribution in [3.63, 3.8) is 0 Å². The standard InChI is InChI=1S/C9H13FN2O/c1-2-6(11)9(13)7-4-3-5-8(10)12-7/h3-6,9,13H,2,11H2,1H3/t6-,9+/m0/s1. The van der Waals surface area contributed by atoms with Crippen LogP contribution in [0.25, 0.3) is 0 Å². The van der Waals surface area contributed by atoms with Crippen molar-refractivity contribution in [2.75, 3.05) is 0 Å². The highest BCUT2D eigenvalue weighted by Crippen LogP contribution is 2.14. The number of aliphatic hydroxyl groups is 1. The van der Waals surface area contributed by atoms with E-state index in [-0.39, 0.29) is 5.69 Å². The molecule has 0 aromatic carbocycles. The van der Waals surface area contributed by atoms with Gasteiger partial charge in [0, 0.05) is 6.04 Å². The predicted octanol–water partition coefficient (Wildman–Crippen LogP) is 0.991. The molecular formula is C9H13FN2O. The number of aromatic nitrogens is 1. The molecule has 0 radical (unpaired) electrons. The lowest BCUT2D eigenvalue weighted by Gasteiger charge is -2.15. The third-order valence-electron chi connectivity index (χ3n) is 1.92. The fourth-order valence-corrected chi connectivity index (χ4v) is 1.03. The second kappa shape index (κ2) is 4.30. The van der Waals surface area contributed by atoms with E-state index in [9.17, 15) is 9.50 Å². The van der Waals surface area contributed by atoms with Gasteiger partial charge in [0.15, 0.2) is 0 Å². The summed E-state index contributed by atoms with van der Waals surface area (Å²) in [6.45, 7) is 1.85. The number of aliphatic hydroxyl groups excluding tert-OH is 1. The molecule has 0 saturated carbocycles. The molecule has 0 saturated heterocycles. The summed E-state index contributed by atoms with van der Waals surface area (Å²) in [6, 6.07) is 3.90. The molecule has 3 nitrogen and oxygen atoms in total. The average molecular weight is 184 g/mol. The van der Waals surface area contributed by atoms with E-state index in [0.29, 0.717) is 6.42 Å². The van der Waals surface area contributed by atoms with E-state index in [1.165, 1.54) is 12.1 Å². The van der Waals surface area contributed by atoms with Gasteiger partial charge < -0.3 is 10.8 Å². The fraction of sp³-hybridized carbons (Fsp3) is 0.444. The third kappa shape index (κ3) is 2.47. The predicted molar refractivity (Wildman–Crippen MR) is 47.4 cm³/mol. The van der Waals surface area contributed by atoms with Crippen molar-refractivity contribution < 1.29 is 9.50 Å². The molecule has 72 valence electrons. The first kappa shape index (κ1) is 10.1. The Hall–Kier alpha value is -1.00. The summed E-state index contributed by atoms with van der Waals surface area (Å²) >= 11 is 0. The number of rotatable bonds is 3. The largest absolute Gasteiger partial charge is 0.385 e. The summed E-state index contributed by atoms with van der Waals surface area (Å²) in [5, 5.41) is 9.56. The second-order valence-corrected chi connectivity index (χ2v) is 2.90. The Morgan fingerprint density at radius 3 is 2.85 bits per heavy atom. The van der Waals surface area contributed by atoms with E-state index in [1.807, 2.05) is 6.92 Å². The molecule has 0 fully saturated rings. The highest BCUT2D eigenvalue weighted by Gasteiger charge is 2.16. The van der Waals surface area contributed by atoms with E-state index in [0.717, 1.165) is 0 Å². The Labute approximate surface area is 76.4 Å². The van der Waals surface area contributed by atoms with Gasteiger partial charge in [0.2, 0.25) is 5.95 Å². The van der Waals surface area contributed by atoms with Gasteiger partial charge in [-0.25, -0.2) is 4.98 Å². The van der Waals surface area contributed by atoms with Gasteiger partial charge in [0.25, 0.3) is 0 Å². The number of nitrogens with two attached hydrogens (primary N) is 1. The number of hydrogen-bond acceptors (Lipinski definition) is 3. The van der Waals surface area contributed by atoms with Crippen molar-refractivity contribution in [3.05, 3.63) is 29.8 Å². The zero-order valence-corrected chi connectivity index (χ0v) is 7.44. The van der Waals surface area contributed by atoms with Gasteiger partial charge in [-0.2, -0.15) is 4.39 Å². The van der Waals surface area contributed by atoms with Crippen molar-refractivity contribution in [2.24, 2.45) is 5.73 Å². The minimum Gasteiger partial charge on any atom is -0.385 e. The molecule has 0 aliphatic carbocycles. The summed E-state index contributed by atoms with van der Waals surface area (Å²) in [5.41, 5.74) is 5.87. The highest BCUT2D eigenvalue weighted by molar-refractivity contribution is 5.09. The SMILES string of the molecule is CC[C@H](N)[C@@H](O)c1cccc(F)n1. The van der Waals surface area contributed by atoms with Gasteiger partial charge in [-0.1, -0.05) is 13.0 Å². The van der Waals surface area contributed by atoms with Gasteiger partial charge in [-0.05, 0) is 18.6 Å².